The van der Waals surface area contributed by atoms with Gasteiger partial charge >= 0.3 is 0 Å². The van der Waals surface area contributed by atoms with E-state index < -0.39 is 0 Å². The molecule has 0 atom stereocenters. The predicted molar refractivity (Wildman–Crippen MR) is 97.7 cm³/mol. The number of methoxy groups -OCH3 is 1. The predicted octanol–water partition coefficient (Wildman–Crippen LogP) is 3.67. The second-order valence-corrected chi connectivity index (χ2v) is 7.17. The molecule has 0 unspecified atom stereocenters. The zero-order valence-electron chi connectivity index (χ0n) is 12.6. The van der Waals surface area contributed by atoms with Crippen LogP contribution in [0, 0.1) is 0 Å². The van der Waals surface area contributed by atoms with Gasteiger partial charge in [0, 0.05) is 5.56 Å². The number of halogens is 1. The van der Waals surface area contributed by atoms with Crippen LogP contribution in [-0.4, -0.2) is 29.4 Å². The first-order chi connectivity index (χ1) is 11.7. The molecule has 6 nitrogen and oxygen atoms in total. The Labute approximate surface area is 150 Å². The van der Waals surface area contributed by atoms with Gasteiger partial charge in [0.05, 0.1) is 27.7 Å². The Hall–Kier alpha value is -2.45. The molecule has 0 saturated carbocycles. The topological polar surface area (TPSA) is 79.4 Å². The first-order valence-corrected chi connectivity index (χ1v) is 8.56. The number of carbonyl (C=O) groups excluding carboxylic acids is 1. The Morgan fingerprint density at radius 1 is 1.38 bits per heavy atom. The zero-order chi connectivity index (χ0) is 16.9. The summed E-state index contributed by atoms with van der Waals surface area (Å²) in [6.45, 7) is 0. The Kier molecular flexibility index (Phi) is 5.07. The molecule has 2 aromatic heterocycles. The van der Waals surface area contributed by atoms with Crippen LogP contribution in [0.25, 0.3) is 10.6 Å². The first-order valence-electron chi connectivity index (χ1n) is 6.95. The molecule has 3 rings (SSSR count). The van der Waals surface area contributed by atoms with Crippen molar-refractivity contribution < 1.29 is 9.53 Å². The van der Waals surface area contributed by atoms with Crippen LogP contribution >= 0.6 is 27.3 Å². The molecule has 3 aromatic rings. The number of para-hydroxylation sites is 1. The average molecular weight is 405 g/mol. The molecule has 0 aliphatic heterocycles. The third kappa shape index (κ3) is 3.72. The van der Waals surface area contributed by atoms with Crippen molar-refractivity contribution in [3.8, 4) is 16.3 Å². The number of aromatic amines is 1. The Balaban J connectivity index is 1.67. The van der Waals surface area contributed by atoms with Crippen molar-refractivity contribution in [1.29, 1.82) is 0 Å². The van der Waals surface area contributed by atoms with Gasteiger partial charge in [-0.3, -0.25) is 9.89 Å². The lowest BCUT2D eigenvalue weighted by atomic mass is 10.2. The quantitative estimate of drug-likeness (QED) is 0.502. The molecule has 0 radical (unpaired) electrons. The maximum atomic E-state index is 12.1. The summed E-state index contributed by atoms with van der Waals surface area (Å²) in [7, 11) is 1.58. The number of aromatic nitrogens is 2. The van der Waals surface area contributed by atoms with E-state index in [4.69, 9.17) is 4.74 Å². The van der Waals surface area contributed by atoms with Gasteiger partial charge in [-0.2, -0.15) is 10.2 Å². The highest BCUT2D eigenvalue weighted by atomic mass is 79.9. The molecule has 2 heterocycles. The second kappa shape index (κ2) is 7.41. The molecule has 0 saturated heterocycles. The molecule has 0 spiro atoms. The fourth-order valence-corrected chi connectivity index (χ4v) is 3.37. The van der Waals surface area contributed by atoms with E-state index in [2.05, 4.69) is 36.7 Å². The molecule has 1 aromatic carbocycles. The third-order valence-corrected chi connectivity index (χ3v) is 4.81. The molecule has 0 fully saturated rings. The first kappa shape index (κ1) is 16.4. The number of hydrogen-bond acceptors (Lipinski definition) is 5. The van der Waals surface area contributed by atoms with Crippen LogP contribution in [0.1, 0.15) is 16.1 Å². The van der Waals surface area contributed by atoms with Crippen molar-refractivity contribution in [2.75, 3.05) is 7.11 Å². The van der Waals surface area contributed by atoms with Crippen LogP contribution in [0.2, 0.25) is 0 Å². The molecule has 8 heteroatoms. The smallest absolute Gasteiger partial charge is 0.291 e. The lowest BCUT2D eigenvalue weighted by molar-refractivity contribution is 0.0950. The number of nitrogens with zero attached hydrogens (tertiary/aromatic N) is 2. The van der Waals surface area contributed by atoms with Gasteiger partial charge in [0.15, 0.2) is 5.69 Å². The van der Waals surface area contributed by atoms with Gasteiger partial charge in [0.1, 0.15) is 5.75 Å². The highest BCUT2D eigenvalue weighted by Crippen LogP contribution is 2.30. The van der Waals surface area contributed by atoms with Crippen LogP contribution in [0.4, 0.5) is 0 Å². The summed E-state index contributed by atoms with van der Waals surface area (Å²) in [5.41, 5.74) is 4.28. The fraction of sp³-hybridized carbons (Fsp3) is 0.0625. The minimum absolute atomic E-state index is 0.270. The van der Waals surface area contributed by atoms with Gasteiger partial charge in [-0.1, -0.05) is 12.1 Å². The Morgan fingerprint density at radius 2 is 2.21 bits per heavy atom. The van der Waals surface area contributed by atoms with E-state index in [1.165, 1.54) is 6.21 Å². The highest BCUT2D eigenvalue weighted by molar-refractivity contribution is 9.11. The molecule has 2 N–H and O–H groups in total. The average Bonchev–Trinajstić information content (AvgIpc) is 3.24. The van der Waals surface area contributed by atoms with Crippen LogP contribution < -0.4 is 10.2 Å². The number of ether oxygens (including phenoxy) is 1. The van der Waals surface area contributed by atoms with E-state index in [-0.39, 0.29) is 11.6 Å². The summed E-state index contributed by atoms with van der Waals surface area (Å²) >= 11 is 4.96. The van der Waals surface area contributed by atoms with Gasteiger partial charge in [-0.05, 0) is 46.3 Å². The van der Waals surface area contributed by atoms with E-state index >= 15 is 0 Å². The Morgan fingerprint density at radius 3 is 2.96 bits per heavy atom. The zero-order valence-corrected chi connectivity index (χ0v) is 15.0. The van der Waals surface area contributed by atoms with Gasteiger partial charge in [-0.25, -0.2) is 5.43 Å². The van der Waals surface area contributed by atoms with Crippen LogP contribution in [0.5, 0.6) is 5.75 Å². The van der Waals surface area contributed by atoms with Gasteiger partial charge in [-0.15, -0.1) is 11.3 Å². The van der Waals surface area contributed by atoms with Crippen molar-refractivity contribution in [2.45, 2.75) is 0 Å². The summed E-state index contributed by atoms with van der Waals surface area (Å²) < 4.78 is 6.23. The number of hydrazone groups is 1. The summed E-state index contributed by atoms with van der Waals surface area (Å²) in [5.74, 6) is 0.292. The molecular weight excluding hydrogens is 392 g/mol. The lowest BCUT2D eigenvalue weighted by Crippen LogP contribution is -2.18. The van der Waals surface area contributed by atoms with E-state index in [1.807, 2.05) is 36.4 Å². The van der Waals surface area contributed by atoms with Crippen molar-refractivity contribution in [2.24, 2.45) is 5.10 Å². The number of hydrogen-bond donors (Lipinski definition) is 2. The standard InChI is InChI=1S/C16H13BrN4O2S/c1-23-13-5-3-2-4-10(13)9-18-21-16(22)12-8-11(19-20-12)14-6-7-15(17)24-14/h2-9H,1H3,(H,19,20)(H,21,22)/b18-9+. The van der Waals surface area contributed by atoms with Crippen molar-refractivity contribution >= 4 is 39.4 Å². The number of rotatable bonds is 5. The number of carbonyl (C=O) groups is 1. The SMILES string of the molecule is COc1ccccc1/C=N/NC(=O)c1cc(-c2ccc(Br)s2)[nH]n1. The summed E-state index contributed by atoms with van der Waals surface area (Å²) in [5, 5.41) is 10.8. The maximum absolute atomic E-state index is 12.1. The monoisotopic (exact) mass is 404 g/mol. The lowest BCUT2D eigenvalue weighted by Gasteiger charge is -2.02. The number of benzene rings is 1. The van der Waals surface area contributed by atoms with Crippen molar-refractivity contribution in [3.63, 3.8) is 0 Å². The summed E-state index contributed by atoms with van der Waals surface area (Å²) in [6, 6.07) is 13.0. The molecule has 1 amide bonds. The van der Waals surface area contributed by atoms with Gasteiger partial charge in [0.2, 0.25) is 0 Å². The van der Waals surface area contributed by atoms with E-state index in [0.29, 0.717) is 5.75 Å². The van der Waals surface area contributed by atoms with Crippen LogP contribution in [-0.2, 0) is 0 Å². The van der Waals surface area contributed by atoms with Crippen molar-refractivity contribution in [1.82, 2.24) is 15.6 Å². The van der Waals surface area contributed by atoms with E-state index in [1.54, 1.807) is 24.5 Å². The van der Waals surface area contributed by atoms with Gasteiger partial charge in [0.25, 0.3) is 5.91 Å². The van der Waals surface area contributed by atoms with Crippen LogP contribution in [0.15, 0.2) is 51.4 Å². The number of thiophene rings is 1. The summed E-state index contributed by atoms with van der Waals surface area (Å²) in [4.78, 5) is 13.1. The largest absolute Gasteiger partial charge is 0.496 e. The molecular formula is C16H13BrN4O2S. The molecule has 0 aliphatic carbocycles. The molecule has 0 aliphatic rings. The molecule has 122 valence electrons. The van der Waals surface area contributed by atoms with E-state index in [9.17, 15) is 4.79 Å². The fourth-order valence-electron chi connectivity index (χ4n) is 2.01. The van der Waals surface area contributed by atoms with E-state index in [0.717, 1.165) is 19.9 Å². The Bertz CT molecular complexity index is 888. The summed E-state index contributed by atoms with van der Waals surface area (Å²) in [6.07, 6.45) is 1.53. The number of amides is 1. The second-order valence-electron chi connectivity index (χ2n) is 4.71. The number of H-pyrrole nitrogens is 1. The minimum Gasteiger partial charge on any atom is -0.496 e. The normalized spacial score (nSPS) is 10.9. The minimum atomic E-state index is -0.390. The molecule has 0 bridgehead atoms. The molecule has 24 heavy (non-hydrogen) atoms. The van der Waals surface area contributed by atoms with Crippen LogP contribution in [0.3, 0.4) is 0 Å². The number of nitrogens with one attached hydrogen (secondary N) is 2. The maximum Gasteiger partial charge on any atom is 0.291 e. The third-order valence-electron chi connectivity index (χ3n) is 3.16. The highest BCUT2D eigenvalue weighted by Gasteiger charge is 2.12. The van der Waals surface area contributed by atoms with Gasteiger partial charge < -0.3 is 4.74 Å². The van der Waals surface area contributed by atoms with Crippen molar-refractivity contribution in [3.05, 3.63) is 57.5 Å².